The summed E-state index contributed by atoms with van der Waals surface area (Å²) in [5.41, 5.74) is 3.10. The van der Waals surface area contributed by atoms with E-state index in [-0.39, 0.29) is 22.4 Å². The van der Waals surface area contributed by atoms with Crippen molar-refractivity contribution in [1.82, 2.24) is 0 Å². The molecule has 0 aliphatic rings. The summed E-state index contributed by atoms with van der Waals surface area (Å²) < 4.78 is 0. The van der Waals surface area contributed by atoms with Crippen molar-refractivity contribution < 1.29 is 22.4 Å². The van der Waals surface area contributed by atoms with Gasteiger partial charge in [-0.3, -0.25) is 5.92 Å². The van der Waals surface area contributed by atoms with Gasteiger partial charge in [0.05, 0.1) is 0 Å². The molecule has 17 heavy (non-hydrogen) atoms. The average molecular weight is 418 g/mol. The Kier molecular flexibility index (Phi) is 5.29. The average Bonchev–Trinajstić information content (AvgIpc) is 2.76. The minimum atomic E-state index is 0. The molecule has 0 spiro atoms. The number of aryl methyl sites for hydroxylation is 1. The van der Waals surface area contributed by atoms with Crippen molar-refractivity contribution in [2.24, 2.45) is 0 Å². The predicted molar refractivity (Wildman–Crippen MR) is 67.7 cm³/mol. The molecule has 2 heteroatoms. The van der Waals surface area contributed by atoms with E-state index in [1.54, 1.807) is 0 Å². The second-order valence-electron chi connectivity index (χ2n) is 3.40. The maximum atomic E-state index is 7.11. The molecule has 0 radical (unpaired) electrons. The van der Waals surface area contributed by atoms with Gasteiger partial charge in [-0.05, 0) is 30.0 Å². The molecule has 0 amide bonds. The van der Waals surface area contributed by atoms with Gasteiger partial charge in [0.2, 0.25) is 0 Å². The molecule has 2 rings (SSSR count). The first kappa shape index (κ1) is 13.8. The standard InChI is InChI=1S/C15H9S.Au/c1-3-15-14(10-11-16-15)9-8-13-6-4-12(2)5-7-13;/h4-7,10-11H,2H3;/q-1;+1. The van der Waals surface area contributed by atoms with Gasteiger partial charge in [-0.15, -0.1) is 0 Å². The Labute approximate surface area is 122 Å². The summed E-state index contributed by atoms with van der Waals surface area (Å²) >= 11 is 1.49. The number of benzene rings is 1. The topological polar surface area (TPSA) is 0 Å². The van der Waals surface area contributed by atoms with Crippen molar-refractivity contribution in [1.29, 1.82) is 0 Å². The zero-order chi connectivity index (χ0) is 11.4. The van der Waals surface area contributed by atoms with Crippen LogP contribution < -0.4 is 0 Å². The molecular weight excluding hydrogens is 409 g/mol. The predicted octanol–water partition coefficient (Wildman–Crippen LogP) is 3.39. The van der Waals surface area contributed by atoms with Crippen molar-refractivity contribution in [2.75, 3.05) is 0 Å². The van der Waals surface area contributed by atoms with E-state index in [0.29, 0.717) is 0 Å². The summed E-state index contributed by atoms with van der Waals surface area (Å²) in [7, 11) is 0. The number of hydrogen-bond donors (Lipinski definition) is 0. The van der Waals surface area contributed by atoms with E-state index < -0.39 is 0 Å². The molecule has 0 nitrogen and oxygen atoms in total. The molecule has 2 aromatic rings. The number of hydrogen-bond acceptors (Lipinski definition) is 1. The molecule has 1 heterocycles. The molecule has 0 bridgehead atoms. The van der Waals surface area contributed by atoms with Gasteiger partial charge in [0.1, 0.15) is 0 Å². The first-order chi connectivity index (χ1) is 7.79. The third-order valence-electron chi connectivity index (χ3n) is 2.17. The third-order valence-corrected chi connectivity index (χ3v) is 3.00. The molecule has 86 valence electrons. The van der Waals surface area contributed by atoms with E-state index in [1.807, 2.05) is 35.7 Å². The quantitative estimate of drug-likeness (QED) is 0.350. The van der Waals surface area contributed by atoms with Crippen LogP contribution >= 0.6 is 11.3 Å². The van der Waals surface area contributed by atoms with Crippen LogP contribution in [0, 0.1) is 31.1 Å². The van der Waals surface area contributed by atoms with Crippen LogP contribution in [0.4, 0.5) is 0 Å². The van der Waals surface area contributed by atoms with Crippen molar-refractivity contribution in [3.05, 3.63) is 63.7 Å². The first-order valence-corrected chi connectivity index (χ1v) is 5.76. The smallest absolute Gasteiger partial charge is 0.365 e. The normalized spacial score (nSPS) is 8.47. The molecule has 0 saturated carbocycles. The summed E-state index contributed by atoms with van der Waals surface area (Å²) in [5.74, 6) is 8.53. The van der Waals surface area contributed by atoms with E-state index in [9.17, 15) is 0 Å². The van der Waals surface area contributed by atoms with Crippen molar-refractivity contribution >= 4 is 11.3 Å². The van der Waals surface area contributed by atoms with E-state index >= 15 is 0 Å². The van der Waals surface area contributed by atoms with Gasteiger partial charge in [-0.25, -0.2) is 11.3 Å². The van der Waals surface area contributed by atoms with Crippen LogP contribution in [0.2, 0.25) is 0 Å². The van der Waals surface area contributed by atoms with Gasteiger partial charge in [-0.2, -0.15) is 0 Å². The second-order valence-corrected chi connectivity index (χ2v) is 4.32. The van der Waals surface area contributed by atoms with Gasteiger partial charge in [0, 0.05) is 5.56 Å². The summed E-state index contributed by atoms with van der Waals surface area (Å²) in [6.45, 7) is 2.05. The molecule has 0 saturated heterocycles. The minimum Gasteiger partial charge on any atom is -0.365 e. The van der Waals surface area contributed by atoms with Crippen LogP contribution in [0.5, 0.6) is 0 Å². The SMILES string of the molecule is [Au+].[C-]#Cc1sccc1C#Cc1ccc(C)cc1. The largest absolute Gasteiger partial charge is 1.00 e. The number of thiophene rings is 1. The molecule has 0 aliphatic carbocycles. The van der Waals surface area contributed by atoms with Gasteiger partial charge in [-0.1, -0.05) is 40.5 Å². The summed E-state index contributed by atoms with van der Waals surface area (Å²) in [4.78, 5) is 0.791. The van der Waals surface area contributed by atoms with E-state index in [1.165, 1.54) is 16.9 Å². The fraction of sp³-hybridized carbons (Fsp3) is 0.0667. The van der Waals surface area contributed by atoms with Gasteiger partial charge >= 0.3 is 22.4 Å². The minimum absolute atomic E-state index is 0. The van der Waals surface area contributed by atoms with Crippen LogP contribution in [0.3, 0.4) is 0 Å². The summed E-state index contributed by atoms with van der Waals surface area (Å²) in [6, 6.07) is 10.0. The molecular formula is C15H9AuS. The molecule has 0 N–H and O–H groups in total. The zero-order valence-electron chi connectivity index (χ0n) is 9.17. The molecule has 0 unspecified atom stereocenters. The van der Waals surface area contributed by atoms with Gasteiger partial charge in [0.15, 0.2) is 0 Å². The molecule has 0 fully saturated rings. The fourth-order valence-corrected chi connectivity index (χ4v) is 1.93. The maximum Gasteiger partial charge on any atom is 1.00 e. The number of rotatable bonds is 0. The van der Waals surface area contributed by atoms with Crippen molar-refractivity contribution in [3.63, 3.8) is 0 Å². The first-order valence-electron chi connectivity index (χ1n) is 4.88. The van der Waals surface area contributed by atoms with Gasteiger partial charge < -0.3 is 6.42 Å². The monoisotopic (exact) mass is 418 g/mol. The Morgan fingerprint density at radius 1 is 1.06 bits per heavy atom. The second kappa shape index (κ2) is 6.50. The molecule has 0 aliphatic heterocycles. The molecule has 1 aromatic heterocycles. The Balaban J connectivity index is 0.00000144. The van der Waals surface area contributed by atoms with Crippen LogP contribution in [0.1, 0.15) is 21.6 Å². The third kappa shape index (κ3) is 3.63. The summed E-state index contributed by atoms with van der Waals surface area (Å²) in [5, 5.41) is 1.93. The maximum absolute atomic E-state index is 7.11. The molecule has 1 aromatic carbocycles. The van der Waals surface area contributed by atoms with E-state index in [0.717, 1.165) is 16.0 Å². The van der Waals surface area contributed by atoms with E-state index in [4.69, 9.17) is 6.42 Å². The molecule has 0 atom stereocenters. The Bertz CT molecular complexity index is 588. The van der Waals surface area contributed by atoms with E-state index in [2.05, 4.69) is 24.7 Å². The van der Waals surface area contributed by atoms with Crippen molar-refractivity contribution in [3.8, 4) is 17.8 Å². The Morgan fingerprint density at radius 3 is 2.41 bits per heavy atom. The zero-order valence-corrected chi connectivity index (χ0v) is 12.2. The van der Waals surface area contributed by atoms with Crippen molar-refractivity contribution in [2.45, 2.75) is 6.92 Å². The fourth-order valence-electron chi connectivity index (χ4n) is 1.28. The summed E-state index contributed by atoms with van der Waals surface area (Å²) in [6.07, 6.45) is 7.11. The van der Waals surface area contributed by atoms with Crippen LogP contribution in [-0.2, 0) is 22.4 Å². The Morgan fingerprint density at radius 2 is 1.76 bits per heavy atom. The van der Waals surface area contributed by atoms with Crippen LogP contribution in [0.25, 0.3) is 0 Å². The van der Waals surface area contributed by atoms with Crippen LogP contribution in [-0.4, -0.2) is 0 Å². The van der Waals surface area contributed by atoms with Crippen LogP contribution in [0.15, 0.2) is 35.7 Å². The Hall–Kier alpha value is -1.22. The van der Waals surface area contributed by atoms with Gasteiger partial charge in [0.25, 0.3) is 0 Å².